The minimum absolute atomic E-state index is 0.114. The monoisotopic (exact) mass is 556 g/mol. The van der Waals surface area contributed by atoms with E-state index in [4.69, 9.17) is 23.2 Å². The Hall–Kier alpha value is -1.21. The Morgan fingerprint density at radius 1 is 1.12 bits per heavy atom. The molecular formula is C24H27BrCl2N2O2S. The van der Waals surface area contributed by atoms with Crippen molar-refractivity contribution in [2.75, 3.05) is 5.75 Å². The molecule has 2 amide bonds. The molecule has 1 aliphatic rings. The molecule has 1 unspecified atom stereocenters. The van der Waals surface area contributed by atoms with Crippen LogP contribution in [0.3, 0.4) is 0 Å². The van der Waals surface area contributed by atoms with Gasteiger partial charge in [0.15, 0.2) is 0 Å². The lowest BCUT2D eigenvalue weighted by molar-refractivity contribution is -0.138. The average Bonchev–Trinajstić information content (AvgIpc) is 3.27. The van der Waals surface area contributed by atoms with Crippen LogP contribution in [0.4, 0.5) is 0 Å². The number of carbonyl (C=O) groups is 2. The highest BCUT2D eigenvalue weighted by Gasteiger charge is 2.29. The van der Waals surface area contributed by atoms with Crippen LogP contribution in [0.15, 0.2) is 46.9 Å². The van der Waals surface area contributed by atoms with Crippen molar-refractivity contribution < 1.29 is 9.59 Å². The van der Waals surface area contributed by atoms with E-state index >= 15 is 0 Å². The summed E-state index contributed by atoms with van der Waals surface area (Å²) in [6.45, 7) is 1.96. The first kappa shape index (κ1) is 25.4. The van der Waals surface area contributed by atoms with Crippen LogP contribution in [0, 0.1) is 0 Å². The van der Waals surface area contributed by atoms with E-state index in [1.165, 1.54) is 11.8 Å². The molecule has 0 spiro atoms. The van der Waals surface area contributed by atoms with Gasteiger partial charge in [-0.1, -0.05) is 70.2 Å². The van der Waals surface area contributed by atoms with E-state index in [1.807, 2.05) is 24.3 Å². The maximum Gasteiger partial charge on any atom is 0.242 e. The van der Waals surface area contributed by atoms with Crippen LogP contribution in [0.25, 0.3) is 0 Å². The molecule has 1 aliphatic carbocycles. The molecule has 2 aromatic carbocycles. The molecule has 32 heavy (non-hydrogen) atoms. The number of nitrogens with one attached hydrogen (secondary N) is 1. The zero-order valence-corrected chi connectivity index (χ0v) is 21.9. The fourth-order valence-corrected chi connectivity index (χ4v) is 5.40. The lowest BCUT2D eigenvalue weighted by Crippen LogP contribution is -2.50. The van der Waals surface area contributed by atoms with Crippen molar-refractivity contribution in [3.63, 3.8) is 0 Å². The van der Waals surface area contributed by atoms with Gasteiger partial charge >= 0.3 is 0 Å². The number of amides is 2. The van der Waals surface area contributed by atoms with Gasteiger partial charge in [0.1, 0.15) is 6.04 Å². The standard InChI is InChI=1S/C24H27BrCl2N2O2S/c1-16(24(31)28-19-5-2-3-6-19)29(13-20-21(26)7-4-8-22(20)27)23(30)15-32-14-17-9-11-18(25)12-10-17/h4,7-12,16,19H,2-3,5-6,13-15H2,1H3,(H,28,31). The summed E-state index contributed by atoms with van der Waals surface area (Å²) in [7, 11) is 0. The van der Waals surface area contributed by atoms with Gasteiger partial charge in [-0.15, -0.1) is 11.8 Å². The number of thioether (sulfide) groups is 1. The van der Waals surface area contributed by atoms with Crippen molar-refractivity contribution in [1.29, 1.82) is 0 Å². The third kappa shape index (κ3) is 7.14. The molecule has 4 nitrogen and oxygen atoms in total. The summed E-state index contributed by atoms with van der Waals surface area (Å²) in [4.78, 5) is 27.8. The summed E-state index contributed by atoms with van der Waals surface area (Å²) in [5, 5.41) is 4.08. The van der Waals surface area contributed by atoms with Crippen molar-refractivity contribution in [2.45, 2.75) is 57.0 Å². The summed E-state index contributed by atoms with van der Waals surface area (Å²) in [5.74, 6) is 0.727. The molecule has 0 heterocycles. The molecule has 0 aliphatic heterocycles. The van der Waals surface area contributed by atoms with Gasteiger partial charge < -0.3 is 10.2 Å². The Bertz CT molecular complexity index is 916. The van der Waals surface area contributed by atoms with E-state index in [2.05, 4.69) is 21.2 Å². The maximum atomic E-state index is 13.2. The summed E-state index contributed by atoms with van der Waals surface area (Å²) in [6.07, 6.45) is 4.24. The van der Waals surface area contributed by atoms with Crippen LogP contribution < -0.4 is 5.32 Å². The third-order valence-corrected chi connectivity index (χ3v) is 7.89. The smallest absolute Gasteiger partial charge is 0.242 e. The van der Waals surface area contributed by atoms with Gasteiger partial charge in [0.2, 0.25) is 11.8 Å². The van der Waals surface area contributed by atoms with Crippen LogP contribution in [-0.4, -0.2) is 34.6 Å². The van der Waals surface area contributed by atoms with Gasteiger partial charge in [0.25, 0.3) is 0 Å². The van der Waals surface area contributed by atoms with Crippen LogP contribution in [-0.2, 0) is 21.9 Å². The highest BCUT2D eigenvalue weighted by atomic mass is 79.9. The second-order valence-corrected chi connectivity index (χ2v) is 10.7. The van der Waals surface area contributed by atoms with Crippen molar-refractivity contribution >= 4 is 62.7 Å². The number of carbonyl (C=O) groups excluding carboxylic acids is 2. The van der Waals surface area contributed by atoms with Crippen molar-refractivity contribution in [3.05, 3.63) is 68.1 Å². The predicted molar refractivity (Wildman–Crippen MR) is 137 cm³/mol. The summed E-state index contributed by atoms with van der Waals surface area (Å²) < 4.78 is 1.02. The Labute approximate surface area is 212 Å². The molecule has 1 atom stereocenters. The number of hydrogen-bond acceptors (Lipinski definition) is 3. The van der Waals surface area contributed by atoms with E-state index in [0.717, 1.165) is 35.7 Å². The molecule has 0 aromatic heterocycles. The number of rotatable bonds is 9. The number of nitrogens with zero attached hydrogens (tertiary/aromatic N) is 1. The molecule has 3 rings (SSSR count). The average molecular weight is 558 g/mol. The van der Waals surface area contributed by atoms with Crippen LogP contribution in [0.5, 0.6) is 0 Å². The van der Waals surface area contributed by atoms with Crippen LogP contribution in [0.2, 0.25) is 10.0 Å². The highest BCUT2D eigenvalue weighted by Crippen LogP contribution is 2.27. The summed E-state index contributed by atoms with van der Waals surface area (Å²) >= 11 is 17.7. The SMILES string of the molecule is CC(C(=O)NC1CCCC1)N(Cc1c(Cl)cccc1Cl)C(=O)CSCc1ccc(Br)cc1. The first-order valence-electron chi connectivity index (χ1n) is 10.7. The van der Waals surface area contributed by atoms with Gasteiger partial charge in [0.05, 0.1) is 5.75 Å². The molecule has 8 heteroatoms. The predicted octanol–water partition coefficient (Wildman–Crippen LogP) is 6.47. The fourth-order valence-electron chi connectivity index (χ4n) is 3.75. The quantitative estimate of drug-likeness (QED) is 0.384. The molecule has 2 aromatic rings. The van der Waals surface area contributed by atoms with Gasteiger partial charge in [0, 0.05) is 38.4 Å². The van der Waals surface area contributed by atoms with Gasteiger partial charge in [-0.05, 0) is 49.6 Å². The Balaban J connectivity index is 1.70. The topological polar surface area (TPSA) is 49.4 Å². The van der Waals surface area contributed by atoms with Crippen LogP contribution >= 0.6 is 50.9 Å². The number of halogens is 3. The lowest BCUT2D eigenvalue weighted by atomic mass is 10.1. The normalized spacial score (nSPS) is 14.9. The summed E-state index contributed by atoms with van der Waals surface area (Å²) in [5.41, 5.74) is 1.79. The fraction of sp³-hybridized carbons (Fsp3) is 0.417. The second kappa shape index (κ2) is 12.3. The van der Waals surface area contributed by atoms with E-state index in [1.54, 1.807) is 30.0 Å². The molecule has 0 bridgehead atoms. The van der Waals surface area contributed by atoms with Gasteiger partial charge in [-0.2, -0.15) is 0 Å². The van der Waals surface area contributed by atoms with E-state index in [9.17, 15) is 9.59 Å². The zero-order chi connectivity index (χ0) is 23.1. The number of benzene rings is 2. The largest absolute Gasteiger partial charge is 0.352 e. The molecule has 1 saturated carbocycles. The molecule has 1 N–H and O–H groups in total. The van der Waals surface area contributed by atoms with Gasteiger partial charge in [-0.25, -0.2) is 0 Å². The molecule has 172 valence electrons. The first-order chi connectivity index (χ1) is 15.3. The minimum atomic E-state index is -0.622. The second-order valence-electron chi connectivity index (χ2n) is 8.01. The van der Waals surface area contributed by atoms with E-state index < -0.39 is 6.04 Å². The van der Waals surface area contributed by atoms with Crippen molar-refractivity contribution in [1.82, 2.24) is 10.2 Å². The molecule has 0 saturated heterocycles. The zero-order valence-electron chi connectivity index (χ0n) is 18.0. The van der Waals surface area contributed by atoms with Crippen molar-refractivity contribution in [2.24, 2.45) is 0 Å². The molecule has 0 radical (unpaired) electrons. The van der Waals surface area contributed by atoms with E-state index in [0.29, 0.717) is 21.4 Å². The number of hydrogen-bond donors (Lipinski definition) is 1. The van der Waals surface area contributed by atoms with Crippen molar-refractivity contribution in [3.8, 4) is 0 Å². The van der Waals surface area contributed by atoms with E-state index in [-0.39, 0.29) is 30.2 Å². The first-order valence-corrected chi connectivity index (χ1v) is 13.4. The summed E-state index contributed by atoms with van der Waals surface area (Å²) in [6, 6.07) is 12.9. The van der Waals surface area contributed by atoms with Gasteiger partial charge in [-0.3, -0.25) is 9.59 Å². The Kier molecular flexibility index (Phi) is 9.77. The Morgan fingerprint density at radius 3 is 2.38 bits per heavy atom. The highest BCUT2D eigenvalue weighted by molar-refractivity contribution is 9.10. The molecular weight excluding hydrogens is 531 g/mol. The minimum Gasteiger partial charge on any atom is -0.352 e. The Morgan fingerprint density at radius 2 is 1.75 bits per heavy atom. The maximum absolute atomic E-state index is 13.2. The lowest BCUT2D eigenvalue weighted by Gasteiger charge is -2.30. The van der Waals surface area contributed by atoms with Crippen LogP contribution in [0.1, 0.15) is 43.7 Å². The third-order valence-electron chi connectivity index (χ3n) is 5.67. The molecule has 1 fully saturated rings.